The Balaban J connectivity index is 4.41. The van der Waals surface area contributed by atoms with E-state index < -0.39 is 0 Å². The number of rotatable bonds is 3. The monoisotopic (exact) mass is 426 g/mol. The van der Waals surface area contributed by atoms with Gasteiger partial charge in [-0.3, -0.25) is 0 Å². The van der Waals surface area contributed by atoms with E-state index in [2.05, 4.69) is 91.4 Å². The van der Waals surface area contributed by atoms with Crippen LogP contribution in [0.5, 0.6) is 0 Å². The average Bonchev–Trinajstić information content (AvgIpc) is 1.80. The number of hydrogen-bond acceptors (Lipinski definition) is 0. The van der Waals surface area contributed by atoms with E-state index in [-0.39, 0.29) is 8.65 Å². The quantitative estimate of drug-likeness (QED) is 0.562. The topological polar surface area (TPSA) is 0 Å². The Morgan fingerprint density at radius 3 is 1.00 bits per heavy atom. The van der Waals surface area contributed by atoms with Crippen molar-refractivity contribution in [2.24, 2.45) is 0 Å². The van der Waals surface area contributed by atoms with Crippen molar-refractivity contribution < 1.29 is 0 Å². The summed E-state index contributed by atoms with van der Waals surface area (Å²) in [4.78, 5) is 0.749. The number of hydrogen-bond donors (Lipinski definition) is 0. The lowest BCUT2D eigenvalue weighted by Crippen LogP contribution is -2.41. The summed E-state index contributed by atoms with van der Waals surface area (Å²) in [5.74, 6) is 0. The van der Waals surface area contributed by atoms with Gasteiger partial charge in [0, 0.05) is 18.3 Å². The molecule has 0 aliphatic heterocycles. The van der Waals surface area contributed by atoms with Crippen LogP contribution in [0.3, 0.4) is 0 Å². The molecule has 0 saturated heterocycles. The zero-order chi connectivity index (χ0) is 10.2. The van der Waals surface area contributed by atoms with Gasteiger partial charge in [-0.05, 0) is 27.7 Å². The van der Waals surface area contributed by atoms with E-state index in [1.54, 1.807) is 0 Å². The Hall–Kier alpha value is 1.92. The minimum atomic E-state index is 0.0895. The highest BCUT2D eigenvalue weighted by atomic mass is 79.9. The van der Waals surface area contributed by atoms with Crippen molar-refractivity contribution in [2.45, 2.75) is 46.0 Å². The average molecular weight is 430 g/mol. The first kappa shape index (κ1) is 13.9. The fourth-order valence-corrected chi connectivity index (χ4v) is 3.26. The van der Waals surface area contributed by atoms with Gasteiger partial charge in [0.1, 0.15) is 0 Å². The molecule has 0 heterocycles. The summed E-state index contributed by atoms with van der Waals surface area (Å²) in [5, 5.41) is 0. The minimum Gasteiger partial charge on any atom is -0.0863 e. The summed E-state index contributed by atoms with van der Waals surface area (Å²) in [7, 11) is 0. The summed E-state index contributed by atoms with van der Waals surface area (Å²) < 4.78 is 0.179. The van der Waals surface area contributed by atoms with Crippen LogP contribution in [0.4, 0.5) is 0 Å². The van der Waals surface area contributed by atoms with E-state index in [1.165, 1.54) is 0 Å². The van der Waals surface area contributed by atoms with Crippen molar-refractivity contribution in [1.29, 1.82) is 0 Å². The van der Waals surface area contributed by atoms with Crippen LogP contribution in [0.2, 0.25) is 0 Å². The zero-order valence-electron chi connectivity index (χ0n) is 7.67. The van der Waals surface area contributed by atoms with Crippen molar-refractivity contribution >= 4 is 63.7 Å². The van der Waals surface area contributed by atoms with Crippen molar-refractivity contribution in [3.05, 3.63) is 0 Å². The molecule has 0 aliphatic carbocycles. The second-order valence-electron chi connectivity index (χ2n) is 3.93. The molecular formula is C8H14Br4. The molecule has 2 atom stereocenters. The molecule has 0 radical (unpaired) electrons. The molecule has 0 aromatic carbocycles. The molecule has 4 heteroatoms. The molecule has 2 unspecified atom stereocenters. The third kappa shape index (κ3) is 4.43. The van der Waals surface area contributed by atoms with E-state index in [4.69, 9.17) is 0 Å². The SMILES string of the molecule is CC(C)(Br)C(Br)C(Br)C(C)(C)Br. The first-order valence-corrected chi connectivity index (χ1v) is 7.14. The third-order valence-corrected chi connectivity index (χ3v) is 7.84. The predicted molar refractivity (Wildman–Crippen MR) is 71.4 cm³/mol. The largest absolute Gasteiger partial charge is 0.0863 e. The van der Waals surface area contributed by atoms with E-state index in [0.29, 0.717) is 9.65 Å². The predicted octanol–water partition coefficient (Wildman–Crippen LogP) is 4.86. The molecule has 0 spiro atoms. The molecule has 0 saturated carbocycles. The second kappa shape index (κ2) is 4.63. The van der Waals surface area contributed by atoms with E-state index in [1.807, 2.05) is 0 Å². The maximum absolute atomic E-state index is 3.68. The molecule has 0 aromatic heterocycles. The fraction of sp³-hybridized carbons (Fsp3) is 1.00. The molecule has 0 amide bonds. The van der Waals surface area contributed by atoms with Gasteiger partial charge in [-0.15, -0.1) is 0 Å². The van der Waals surface area contributed by atoms with Crippen molar-refractivity contribution in [1.82, 2.24) is 0 Å². The highest BCUT2D eigenvalue weighted by Crippen LogP contribution is 2.40. The Labute approximate surface area is 109 Å². The third-order valence-electron chi connectivity index (χ3n) is 1.57. The molecule has 0 nitrogen and oxygen atoms in total. The van der Waals surface area contributed by atoms with E-state index in [0.717, 1.165) is 0 Å². The van der Waals surface area contributed by atoms with Crippen LogP contribution in [-0.2, 0) is 0 Å². The molecule has 0 fully saturated rings. The first-order chi connectivity index (χ1) is 5.07. The van der Waals surface area contributed by atoms with Crippen LogP contribution >= 0.6 is 63.7 Å². The van der Waals surface area contributed by atoms with Gasteiger partial charge >= 0.3 is 0 Å². The normalized spacial score (nSPS) is 19.0. The van der Waals surface area contributed by atoms with Crippen LogP contribution in [0, 0.1) is 0 Å². The Morgan fingerprint density at radius 1 is 0.750 bits per heavy atom. The summed E-state index contributed by atoms with van der Waals surface area (Å²) in [6, 6.07) is 0. The highest BCUT2D eigenvalue weighted by molar-refractivity contribution is 9.14. The van der Waals surface area contributed by atoms with Gasteiger partial charge in [-0.1, -0.05) is 63.7 Å². The van der Waals surface area contributed by atoms with Crippen molar-refractivity contribution in [3.8, 4) is 0 Å². The maximum atomic E-state index is 3.68. The lowest BCUT2D eigenvalue weighted by molar-refractivity contribution is 0.590. The van der Waals surface area contributed by atoms with Gasteiger partial charge < -0.3 is 0 Å². The minimum absolute atomic E-state index is 0.0895. The van der Waals surface area contributed by atoms with Crippen LogP contribution in [0.1, 0.15) is 27.7 Å². The zero-order valence-corrected chi connectivity index (χ0v) is 14.0. The highest BCUT2D eigenvalue weighted by Gasteiger charge is 2.37. The van der Waals surface area contributed by atoms with Gasteiger partial charge in [0.2, 0.25) is 0 Å². The van der Waals surface area contributed by atoms with Crippen LogP contribution in [0.15, 0.2) is 0 Å². The van der Waals surface area contributed by atoms with Crippen LogP contribution < -0.4 is 0 Å². The first-order valence-electron chi connectivity index (χ1n) is 3.73. The summed E-state index contributed by atoms with van der Waals surface area (Å²) in [5.41, 5.74) is 0. The molecule has 0 aliphatic rings. The number of alkyl halides is 4. The summed E-state index contributed by atoms with van der Waals surface area (Å²) in [6.45, 7) is 8.61. The van der Waals surface area contributed by atoms with Gasteiger partial charge in [0.25, 0.3) is 0 Å². The number of halogens is 4. The Morgan fingerprint density at radius 2 is 0.917 bits per heavy atom. The van der Waals surface area contributed by atoms with Crippen LogP contribution in [-0.4, -0.2) is 18.3 Å². The fourth-order valence-electron chi connectivity index (χ4n) is 0.696. The van der Waals surface area contributed by atoms with Gasteiger partial charge in [-0.25, -0.2) is 0 Å². The van der Waals surface area contributed by atoms with E-state index >= 15 is 0 Å². The smallest absolute Gasteiger partial charge is 0.0432 e. The van der Waals surface area contributed by atoms with Crippen molar-refractivity contribution in [2.75, 3.05) is 0 Å². The van der Waals surface area contributed by atoms with E-state index in [9.17, 15) is 0 Å². The molecular weight excluding hydrogens is 416 g/mol. The second-order valence-corrected chi connectivity index (χ2v) is 9.99. The van der Waals surface area contributed by atoms with Crippen LogP contribution in [0.25, 0.3) is 0 Å². The molecule has 0 rings (SSSR count). The molecule has 74 valence electrons. The lowest BCUT2D eigenvalue weighted by Gasteiger charge is -2.34. The molecule has 0 bridgehead atoms. The summed E-state index contributed by atoms with van der Waals surface area (Å²) in [6.07, 6.45) is 0. The molecule has 0 aromatic rings. The lowest BCUT2D eigenvalue weighted by atomic mass is 10.0. The molecule has 12 heavy (non-hydrogen) atoms. The Kier molecular flexibility index (Phi) is 5.37. The standard InChI is InChI=1S/C8H14Br4/c1-7(2,11)5(9)6(10)8(3,4)12/h5-6H,1-4H3. The van der Waals surface area contributed by atoms with Gasteiger partial charge in [0.05, 0.1) is 0 Å². The Bertz CT molecular complexity index is 124. The van der Waals surface area contributed by atoms with Gasteiger partial charge in [-0.2, -0.15) is 0 Å². The maximum Gasteiger partial charge on any atom is 0.0432 e. The van der Waals surface area contributed by atoms with Gasteiger partial charge in [0.15, 0.2) is 0 Å². The summed E-state index contributed by atoms with van der Waals surface area (Å²) >= 11 is 14.6. The van der Waals surface area contributed by atoms with Crippen molar-refractivity contribution in [3.63, 3.8) is 0 Å². The molecule has 0 N–H and O–H groups in total.